The van der Waals surface area contributed by atoms with E-state index >= 15 is 0 Å². The Balaban J connectivity index is 1.77. The number of hydrogen-bond acceptors (Lipinski definition) is 7. The fourth-order valence-electron chi connectivity index (χ4n) is 4.65. The molecule has 0 radical (unpaired) electrons. The third-order valence-corrected chi connectivity index (χ3v) is 7.74. The van der Waals surface area contributed by atoms with Gasteiger partial charge in [-0.05, 0) is 59.0 Å². The maximum Gasteiger partial charge on any atom is 0.301 e. The number of carbonyl (C=O) groups is 2. The van der Waals surface area contributed by atoms with Crippen LogP contribution < -0.4 is 14.4 Å². The molecule has 1 aliphatic rings. The Morgan fingerprint density at radius 2 is 1.79 bits per heavy atom. The number of nitrogens with zero attached hydrogens (tertiary/aromatic N) is 2. The van der Waals surface area contributed by atoms with E-state index in [1.165, 1.54) is 37.3 Å². The maximum absolute atomic E-state index is 13.9. The number of halogens is 1. The predicted molar refractivity (Wildman–Crippen MR) is 149 cm³/mol. The minimum absolute atomic E-state index is 0.108. The molecule has 1 unspecified atom stereocenters. The molecular formula is C30H27FN2O5S. The quantitative estimate of drug-likeness (QED) is 0.178. The fourth-order valence-corrected chi connectivity index (χ4v) is 5.67. The molecular weight excluding hydrogens is 519 g/mol. The van der Waals surface area contributed by atoms with Gasteiger partial charge in [0.15, 0.2) is 5.13 Å². The number of aromatic nitrogens is 1. The van der Waals surface area contributed by atoms with Crippen molar-refractivity contribution in [1.82, 2.24) is 4.98 Å². The van der Waals surface area contributed by atoms with Crippen molar-refractivity contribution in [3.8, 4) is 11.5 Å². The molecule has 4 aromatic rings. The molecule has 39 heavy (non-hydrogen) atoms. The second kappa shape index (κ2) is 9.81. The average Bonchev–Trinajstić information content (AvgIpc) is 3.44. The molecule has 2 heterocycles. The summed E-state index contributed by atoms with van der Waals surface area (Å²) in [7, 11) is 2.99. The number of thiazole rings is 1. The highest BCUT2D eigenvalue weighted by molar-refractivity contribution is 7.22. The van der Waals surface area contributed by atoms with Gasteiger partial charge in [0.1, 0.15) is 23.1 Å². The van der Waals surface area contributed by atoms with E-state index in [0.717, 1.165) is 16.9 Å². The highest BCUT2D eigenvalue weighted by Crippen LogP contribution is 2.46. The third-order valence-electron chi connectivity index (χ3n) is 6.72. The van der Waals surface area contributed by atoms with Gasteiger partial charge < -0.3 is 14.6 Å². The van der Waals surface area contributed by atoms with Gasteiger partial charge in [0.25, 0.3) is 5.78 Å². The van der Waals surface area contributed by atoms with Crippen molar-refractivity contribution in [2.24, 2.45) is 0 Å². The molecule has 1 atom stereocenters. The standard InChI is InChI=1S/C30H27FN2O5S/c1-30(2,3)17-9-12-22(38-5)20(14-17)26(34)24-25(16-7-6-8-19(13-16)37-4)33(28(36)27(24)35)29-32-21-11-10-18(31)15-23(21)39-29/h6-15,25,34H,1-5H3/b26-24+. The Morgan fingerprint density at radius 1 is 1.03 bits per heavy atom. The first-order valence-corrected chi connectivity index (χ1v) is 13.0. The summed E-state index contributed by atoms with van der Waals surface area (Å²) in [6.45, 7) is 6.09. The number of ether oxygens (including phenoxy) is 2. The third kappa shape index (κ3) is 4.63. The zero-order chi connectivity index (χ0) is 28.1. The number of ketones is 1. The van der Waals surface area contributed by atoms with E-state index in [-0.39, 0.29) is 21.9 Å². The topological polar surface area (TPSA) is 89.0 Å². The number of anilines is 1. The SMILES string of the molecule is COc1cccc(C2/C(=C(\O)c3cc(C(C)(C)C)ccc3OC)C(=O)C(=O)N2c2nc3ccc(F)cc3s2)c1. The molecule has 0 aliphatic carbocycles. The smallest absolute Gasteiger partial charge is 0.301 e. The lowest BCUT2D eigenvalue weighted by atomic mass is 9.85. The van der Waals surface area contributed by atoms with Crippen LogP contribution in [0.1, 0.15) is 43.5 Å². The lowest BCUT2D eigenvalue weighted by molar-refractivity contribution is -0.132. The maximum atomic E-state index is 13.9. The largest absolute Gasteiger partial charge is 0.507 e. The van der Waals surface area contributed by atoms with Crippen LogP contribution in [-0.2, 0) is 15.0 Å². The molecule has 1 fully saturated rings. The predicted octanol–water partition coefficient (Wildman–Crippen LogP) is 6.38. The molecule has 1 N–H and O–H groups in total. The summed E-state index contributed by atoms with van der Waals surface area (Å²) in [6, 6.07) is 15.4. The molecule has 1 saturated heterocycles. The lowest BCUT2D eigenvalue weighted by Gasteiger charge is -2.24. The fraction of sp³-hybridized carbons (Fsp3) is 0.233. The van der Waals surface area contributed by atoms with Crippen LogP contribution in [0.5, 0.6) is 11.5 Å². The number of amides is 1. The van der Waals surface area contributed by atoms with Crippen LogP contribution in [0.2, 0.25) is 0 Å². The number of fused-ring (bicyclic) bond motifs is 1. The number of rotatable bonds is 5. The molecule has 200 valence electrons. The van der Waals surface area contributed by atoms with Crippen molar-refractivity contribution in [1.29, 1.82) is 0 Å². The number of benzene rings is 3. The van der Waals surface area contributed by atoms with E-state index in [4.69, 9.17) is 9.47 Å². The first-order valence-electron chi connectivity index (χ1n) is 12.2. The summed E-state index contributed by atoms with van der Waals surface area (Å²) in [6.07, 6.45) is 0. The highest BCUT2D eigenvalue weighted by Gasteiger charge is 2.48. The molecule has 5 rings (SSSR count). The van der Waals surface area contributed by atoms with Crippen LogP contribution in [-0.4, -0.2) is 36.0 Å². The number of carbonyl (C=O) groups excluding carboxylic acids is 2. The minimum atomic E-state index is -1.02. The zero-order valence-electron chi connectivity index (χ0n) is 22.1. The Morgan fingerprint density at radius 3 is 2.49 bits per heavy atom. The number of aliphatic hydroxyl groups is 1. The highest BCUT2D eigenvalue weighted by atomic mass is 32.1. The number of methoxy groups -OCH3 is 2. The second-order valence-electron chi connectivity index (χ2n) is 10.2. The van der Waals surface area contributed by atoms with Crippen molar-refractivity contribution in [2.45, 2.75) is 32.2 Å². The van der Waals surface area contributed by atoms with Gasteiger partial charge in [-0.1, -0.05) is 50.3 Å². The Labute approximate surface area is 229 Å². The number of aliphatic hydroxyl groups excluding tert-OH is 1. The van der Waals surface area contributed by atoms with E-state index in [0.29, 0.717) is 32.8 Å². The van der Waals surface area contributed by atoms with E-state index in [9.17, 15) is 19.1 Å². The summed E-state index contributed by atoms with van der Waals surface area (Å²) in [5.74, 6) is -1.65. The summed E-state index contributed by atoms with van der Waals surface area (Å²) in [4.78, 5) is 33.0. The van der Waals surface area contributed by atoms with Crippen molar-refractivity contribution in [3.63, 3.8) is 0 Å². The Kier molecular flexibility index (Phi) is 6.64. The van der Waals surface area contributed by atoms with Crippen molar-refractivity contribution < 1.29 is 28.6 Å². The Bertz CT molecular complexity index is 1650. The van der Waals surface area contributed by atoms with E-state index < -0.39 is 23.5 Å². The molecule has 7 nitrogen and oxygen atoms in total. The van der Waals surface area contributed by atoms with Gasteiger partial charge in [-0.2, -0.15) is 0 Å². The normalized spacial score (nSPS) is 17.2. The summed E-state index contributed by atoms with van der Waals surface area (Å²) in [5.41, 5.74) is 1.86. The van der Waals surface area contributed by atoms with Crippen LogP contribution in [0, 0.1) is 5.82 Å². The van der Waals surface area contributed by atoms with Crippen LogP contribution in [0.15, 0.2) is 66.2 Å². The lowest BCUT2D eigenvalue weighted by Crippen LogP contribution is -2.29. The van der Waals surface area contributed by atoms with Gasteiger partial charge in [-0.25, -0.2) is 9.37 Å². The average molecular weight is 547 g/mol. The number of hydrogen-bond donors (Lipinski definition) is 1. The van der Waals surface area contributed by atoms with E-state index in [1.807, 2.05) is 26.8 Å². The summed E-state index contributed by atoms with van der Waals surface area (Å²) >= 11 is 1.09. The van der Waals surface area contributed by atoms with Gasteiger partial charge >= 0.3 is 5.91 Å². The Hall–Kier alpha value is -4.24. The first kappa shape index (κ1) is 26.4. The second-order valence-corrected chi connectivity index (χ2v) is 11.2. The van der Waals surface area contributed by atoms with Crippen LogP contribution >= 0.6 is 11.3 Å². The molecule has 1 aliphatic heterocycles. The van der Waals surface area contributed by atoms with Gasteiger partial charge in [0, 0.05) is 0 Å². The van der Waals surface area contributed by atoms with E-state index in [1.54, 1.807) is 36.4 Å². The van der Waals surface area contributed by atoms with Gasteiger partial charge in [0.2, 0.25) is 0 Å². The van der Waals surface area contributed by atoms with Gasteiger partial charge in [-0.15, -0.1) is 0 Å². The molecule has 0 bridgehead atoms. The molecule has 1 amide bonds. The summed E-state index contributed by atoms with van der Waals surface area (Å²) < 4.78 is 25.4. The molecule has 9 heteroatoms. The van der Waals surface area contributed by atoms with Crippen molar-refractivity contribution in [2.75, 3.05) is 19.1 Å². The molecule has 0 saturated carbocycles. The summed E-state index contributed by atoms with van der Waals surface area (Å²) in [5, 5.41) is 11.9. The minimum Gasteiger partial charge on any atom is -0.507 e. The van der Waals surface area contributed by atoms with Crippen molar-refractivity contribution in [3.05, 3.63) is 88.7 Å². The molecule has 1 aromatic heterocycles. The number of Topliss-reactive ketones (excluding diaryl/α,β-unsaturated/α-hetero) is 1. The van der Waals surface area contributed by atoms with Crippen molar-refractivity contribution >= 4 is 44.1 Å². The van der Waals surface area contributed by atoms with Crippen LogP contribution in [0.3, 0.4) is 0 Å². The first-order chi connectivity index (χ1) is 18.5. The molecule has 3 aromatic carbocycles. The zero-order valence-corrected chi connectivity index (χ0v) is 22.9. The van der Waals surface area contributed by atoms with Gasteiger partial charge in [0.05, 0.1) is 41.6 Å². The van der Waals surface area contributed by atoms with Crippen LogP contribution in [0.4, 0.5) is 9.52 Å². The molecule has 0 spiro atoms. The van der Waals surface area contributed by atoms with Gasteiger partial charge in [-0.3, -0.25) is 14.5 Å². The monoisotopic (exact) mass is 546 g/mol. The van der Waals surface area contributed by atoms with E-state index in [2.05, 4.69) is 4.98 Å². The van der Waals surface area contributed by atoms with Crippen LogP contribution in [0.25, 0.3) is 16.0 Å².